The molecule has 1 aliphatic rings. The highest BCUT2D eigenvalue weighted by Crippen LogP contribution is 2.40. The maximum absolute atomic E-state index is 13.3. The number of amides is 1. The van der Waals surface area contributed by atoms with Crippen LogP contribution in [-0.2, 0) is 11.0 Å². The molecule has 21 heavy (non-hydrogen) atoms. The zero-order valence-corrected chi connectivity index (χ0v) is 12.4. The highest BCUT2D eigenvalue weighted by Gasteiger charge is 2.51. The standard InChI is InChI=1S/C13H11Cl2F4NO/c1-2-12(15)10(14)6-20(11(12)21)7-3-4-9(16)8(5-7)13(17,18)19/h3-5,10H,2,6H2,1H3. The smallest absolute Gasteiger partial charge is 0.309 e. The molecule has 1 fully saturated rings. The summed E-state index contributed by atoms with van der Waals surface area (Å²) in [4.78, 5) is 12.0. The van der Waals surface area contributed by atoms with E-state index >= 15 is 0 Å². The molecule has 2 atom stereocenters. The Kier molecular flexibility index (Phi) is 4.14. The van der Waals surface area contributed by atoms with Gasteiger partial charge in [0.2, 0.25) is 5.91 Å². The van der Waals surface area contributed by atoms with Gasteiger partial charge >= 0.3 is 6.18 Å². The summed E-state index contributed by atoms with van der Waals surface area (Å²) in [6, 6.07) is 2.37. The Hall–Kier alpha value is -1.01. The number of hydrogen-bond acceptors (Lipinski definition) is 1. The first-order valence-electron chi connectivity index (χ1n) is 6.13. The van der Waals surface area contributed by atoms with Gasteiger partial charge in [0, 0.05) is 12.2 Å². The summed E-state index contributed by atoms with van der Waals surface area (Å²) in [5.41, 5.74) is -1.50. The topological polar surface area (TPSA) is 20.3 Å². The number of anilines is 1. The Labute approximate surface area is 128 Å². The Morgan fingerprint density at radius 2 is 2.05 bits per heavy atom. The van der Waals surface area contributed by atoms with Gasteiger partial charge in [0.1, 0.15) is 10.7 Å². The molecule has 1 heterocycles. The van der Waals surface area contributed by atoms with Crippen LogP contribution < -0.4 is 4.90 Å². The van der Waals surface area contributed by atoms with E-state index in [4.69, 9.17) is 23.2 Å². The predicted octanol–water partition coefficient (Wildman–Crippen LogP) is 4.19. The first-order chi connectivity index (χ1) is 9.61. The van der Waals surface area contributed by atoms with Crippen molar-refractivity contribution in [1.82, 2.24) is 0 Å². The van der Waals surface area contributed by atoms with Crippen molar-refractivity contribution in [1.29, 1.82) is 0 Å². The lowest BCUT2D eigenvalue weighted by atomic mass is 10.0. The van der Waals surface area contributed by atoms with E-state index in [-0.39, 0.29) is 18.7 Å². The molecule has 0 bridgehead atoms. The van der Waals surface area contributed by atoms with Crippen LogP contribution in [0.3, 0.4) is 0 Å². The highest BCUT2D eigenvalue weighted by molar-refractivity contribution is 6.44. The van der Waals surface area contributed by atoms with Crippen LogP contribution in [0.2, 0.25) is 0 Å². The summed E-state index contributed by atoms with van der Waals surface area (Å²) in [5, 5.41) is -0.740. The maximum atomic E-state index is 13.3. The molecule has 8 heteroatoms. The largest absolute Gasteiger partial charge is 0.419 e. The predicted molar refractivity (Wildman–Crippen MR) is 72.3 cm³/mol. The van der Waals surface area contributed by atoms with E-state index < -0.39 is 33.7 Å². The van der Waals surface area contributed by atoms with Crippen molar-refractivity contribution in [3.63, 3.8) is 0 Å². The van der Waals surface area contributed by atoms with Crippen LogP contribution in [0, 0.1) is 5.82 Å². The number of carbonyl (C=O) groups excluding carboxylic acids is 1. The van der Waals surface area contributed by atoms with Crippen molar-refractivity contribution in [2.45, 2.75) is 29.8 Å². The first-order valence-corrected chi connectivity index (χ1v) is 6.94. The molecule has 0 radical (unpaired) electrons. The molecule has 2 rings (SSSR count). The molecule has 2 unspecified atom stereocenters. The third-order valence-corrected chi connectivity index (χ3v) is 4.84. The van der Waals surface area contributed by atoms with Gasteiger partial charge in [-0.2, -0.15) is 13.2 Å². The van der Waals surface area contributed by atoms with E-state index in [2.05, 4.69) is 0 Å². The van der Waals surface area contributed by atoms with Gasteiger partial charge in [0.25, 0.3) is 0 Å². The van der Waals surface area contributed by atoms with Crippen molar-refractivity contribution < 1.29 is 22.4 Å². The number of halogens is 6. The molecule has 0 N–H and O–H groups in total. The van der Waals surface area contributed by atoms with E-state index in [0.717, 1.165) is 11.0 Å². The normalized spacial score (nSPS) is 26.5. The molecule has 1 aromatic rings. The quantitative estimate of drug-likeness (QED) is 0.582. The molecule has 1 aromatic carbocycles. The van der Waals surface area contributed by atoms with Gasteiger partial charge < -0.3 is 4.90 Å². The second-order valence-corrected chi connectivity index (χ2v) is 5.96. The second kappa shape index (κ2) is 5.32. The molecular weight excluding hydrogens is 333 g/mol. The molecular formula is C13H11Cl2F4NO. The van der Waals surface area contributed by atoms with Gasteiger partial charge in [0.15, 0.2) is 0 Å². The minimum absolute atomic E-state index is 0.0271. The number of carbonyl (C=O) groups is 1. The van der Waals surface area contributed by atoms with Gasteiger partial charge in [-0.25, -0.2) is 4.39 Å². The van der Waals surface area contributed by atoms with Gasteiger partial charge in [-0.15, -0.1) is 23.2 Å². The molecule has 1 saturated heterocycles. The third kappa shape index (κ3) is 2.71. The van der Waals surface area contributed by atoms with Crippen LogP contribution in [0.4, 0.5) is 23.2 Å². The lowest BCUT2D eigenvalue weighted by Gasteiger charge is -2.21. The monoisotopic (exact) mass is 343 g/mol. The number of hydrogen-bond donors (Lipinski definition) is 0. The maximum Gasteiger partial charge on any atom is 0.419 e. The van der Waals surface area contributed by atoms with Crippen LogP contribution in [0.25, 0.3) is 0 Å². The number of rotatable bonds is 2. The summed E-state index contributed by atoms with van der Waals surface area (Å²) in [6.07, 6.45) is -4.60. The molecule has 0 aromatic heterocycles. The zero-order chi connectivity index (χ0) is 16.0. The Bertz CT molecular complexity index is 578. The van der Waals surface area contributed by atoms with E-state index in [1.807, 2.05) is 0 Å². The SMILES string of the molecule is CCC1(Cl)C(=O)N(c2ccc(F)c(C(F)(F)F)c2)CC1Cl. The van der Waals surface area contributed by atoms with E-state index in [1.165, 1.54) is 0 Å². The van der Waals surface area contributed by atoms with E-state index in [1.54, 1.807) is 6.92 Å². The van der Waals surface area contributed by atoms with E-state index in [0.29, 0.717) is 12.1 Å². The first kappa shape index (κ1) is 16.4. The Morgan fingerprint density at radius 3 is 2.52 bits per heavy atom. The average Bonchev–Trinajstić information content (AvgIpc) is 2.63. The van der Waals surface area contributed by atoms with Crippen LogP contribution in [0.15, 0.2) is 18.2 Å². The number of benzene rings is 1. The zero-order valence-electron chi connectivity index (χ0n) is 10.8. The number of alkyl halides is 5. The molecule has 116 valence electrons. The fourth-order valence-electron chi connectivity index (χ4n) is 2.24. The molecule has 0 aliphatic carbocycles. The van der Waals surface area contributed by atoms with Gasteiger partial charge in [0.05, 0.1) is 10.9 Å². The summed E-state index contributed by atoms with van der Waals surface area (Å²) >= 11 is 12.2. The van der Waals surface area contributed by atoms with Crippen molar-refractivity contribution in [3.8, 4) is 0 Å². The second-order valence-electron chi connectivity index (χ2n) is 4.76. The molecule has 1 aliphatic heterocycles. The molecule has 1 amide bonds. The van der Waals surface area contributed by atoms with E-state index in [9.17, 15) is 22.4 Å². The van der Waals surface area contributed by atoms with Crippen LogP contribution in [0.5, 0.6) is 0 Å². The lowest BCUT2D eigenvalue weighted by Crippen LogP contribution is -2.38. The summed E-state index contributed by atoms with van der Waals surface area (Å²) < 4.78 is 51.4. The van der Waals surface area contributed by atoms with Gasteiger partial charge in [-0.3, -0.25) is 4.79 Å². The fourth-order valence-corrected chi connectivity index (χ4v) is 2.80. The fraction of sp³-hybridized carbons (Fsp3) is 0.462. The summed E-state index contributed by atoms with van der Waals surface area (Å²) in [5.74, 6) is -1.97. The van der Waals surface area contributed by atoms with Gasteiger partial charge in [-0.1, -0.05) is 6.92 Å². The summed E-state index contributed by atoms with van der Waals surface area (Å²) in [6.45, 7) is 1.64. The van der Waals surface area contributed by atoms with Crippen molar-refractivity contribution in [2.24, 2.45) is 0 Å². The molecule has 0 saturated carbocycles. The Balaban J connectivity index is 2.43. The number of nitrogens with zero attached hydrogens (tertiary/aromatic N) is 1. The van der Waals surface area contributed by atoms with Gasteiger partial charge in [-0.05, 0) is 24.6 Å². The molecule has 0 spiro atoms. The third-order valence-electron chi connectivity index (χ3n) is 3.52. The van der Waals surface area contributed by atoms with Crippen molar-refractivity contribution >= 4 is 34.8 Å². The summed E-state index contributed by atoms with van der Waals surface area (Å²) in [7, 11) is 0. The van der Waals surface area contributed by atoms with Crippen LogP contribution >= 0.6 is 23.2 Å². The van der Waals surface area contributed by atoms with Crippen molar-refractivity contribution in [2.75, 3.05) is 11.4 Å². The van der Waals surface area contributed by atoms with Crippen LogP contribution in [0.1, 0.15) is 18.9 Å². The van der Waals surface area contributed by atoms with Crippen molar-refractivity contribution in [3.05, 3.63) is 29.6 Å². The lowest BCUT2D eigenvalue weighted by molar-refractivity contribution is -0.140. The van der Waals surface area contributed by atoms with Crippen LogP contribution in [-0.4, -0.2) is 22.7 Å². The average molecular weight is 344 g/mol. The minimum atomic E-state index is -4.84. The minimum Gasteiger partial charge on any atom is -0.309 e. The Morgan fingerprint density at radius 1 is 1.43 bits per heavy atom. The highest BCUT2D eigenvalue weighted by atomic mass is 35.5. The molecule has 2 nitrogen and oxygen atoms in total.